The number of carbonyl (C=O) groups is 2. The average molecular weight is 310 g/mol. The van der Waals surface area contributed by atoms with E-state index < -0.39 is 33.4 Å². The van der Waals surface area contributed by atoms with E-state index in [1.807, 2.05) is 0 Å². The van der Waals surface area contributed by atoms with Gasteiger partial charge in [0.05, 0.1) is 17.9 Å². The van der Waals surface area contributed by atoms with Gasteiger partial charge in [-0.25, -0.2) is 18.0 Å². The number of aliphatic hydroxyl groups is 1. The number of amides is 2. The van der Waals surface area contributed by atoms with E-state index in [9.17, 15) is 18.0 Å². The number of likely N-dealkylation sites (N-methyl/N-ethyl adjacent to an activating group) is 1. The Balaban J connectivity index is 4.76. The molecule has 0 bridgehead atoms. The van der Waals surface area contributed by atoms with Crippen LogP contribution in [0.15, 0.2) is 0 Å². The number of carboxylic acids is 1. The van der Waals surface area contributed by atoms with Gasteiger partial charge in [0.1, 0.15) is 15.9 Å². The Bertz CT molecular complexity index is 460. The first-order chi connectivity index (χ1) is 8.90. The maximum Gasteiger partial charge on any atom is 0.326 e. The Morgan fingerprint density at radius 3 is 2.20 bits per heavy atom. The van der Waals surface area contributed by atoms with Crippen molar-refractivity contribution >= 4 is 21.8 Å². The van der Waals surface area contributed by atoms with Crippen LogP contribution in [-0.4, -0.2) is 72.8 Å². The summed E-state index contributed by atoms with van der Waals surface area (Å²) in [5, 5.41) is 20.4. The van der Waals surface area contributed by atoms with E-state index in [1.54, 1.807) is 13.8 Å². The topological polar surface area (TPSA) is 124 Å². The summed E-state index contributed by atoms with van der Waals surface area (Å²) in [7, 11) is -1.89. The first-order valence-corrected chi connectivity index (χ1v) is 8.02. The molecule has 0 fully saturated rings. The van der Waals surface area contributed by atoms with Gasteiger partial charge in [0, 0.05) is 13.3 Å². The van der Waals surface area contributed by atoms with E-state index in [1.165, 1.54) is 11.9 Å². The van der Waals surface area contributed by atoms with Gasteiger partial charge in [0.25, 0.3) is 0 Å². The molecule has 0 aromatic rings. The predicted octanol–water partition coefficient (Wildman–Crippen LogP) is -0.713. The highest BCUT2D eigenvalue weighted by Crippen LogP contribution is 2.11. The molecular formula is C11H22N2O6S. The molecule has 0 aromatic carbocycles. The maximum atomic E-state index is 11.9. The minimum Gasteiger partial charge on any atom is -0.480 e. The minimum absolute atomic E-state index is 0.215. The molecule has 0 radical (unpaired) electrons. The normalized spacial score (nSPS) is 13.7. The van der Waals surface area contributed by atoms with E-state index in [0.717, 1.165) is 6.26 Å². The lowest BCUT2D eigenvalue weighted by atomic mass is 10.1. The number of hydrogen-bond acceptors (Lipinski definition) is 5. The van der Waals surface area contributed by atoms with Gasteiger partial charge in [-0.15, -0.1) is 0 Å². The fourth-order valence-corrected chi connectivity index (χ4v) is 1.88. The van der Waals surface area contributed by atoms with E-state index in [-0.39, 0.29) is 18.8 Å². The van der Waals surface area contributed by atoms with Gasteiger partial charge in [-0.3, -0.25) is 0 Å². The number of carbonyl (C=O) groups excluding carboxylic acids is 1. The van der Waals surface area contributed by atoms with Crippen LogP contribution in [-0.2, 0) is 14.6 Å². The van der Waals surface area contributed by atoms with Crippen molar-refractivity contribution in [3.05, 3.63) is 0 Å². The molecule has 1 atom stereocenters. The SMILES string of the molecule is CN(C(=O)NC(CCS(C)(=O)=O)C(=O)O)C(C)(C)CO. The van der Waals surface area contributed by atoms with Gasteiger partial charge in [0.2, 0.25) is 0 Å². The first kappa shape index (κ1) is 18.7. The lowest BCUT2D eigenvalue weighted by molar-refractivity contribution is -0.139. The summed E-state index contributed by atoms with van der Waals surface area (Å²) in [6, 6.07) is -1.99. The summed E-state index contributed by atoms with van der Waals surface area (Å²) >= 11 is 0. The van der Waals surface area contributed by atoms with Gasteiger partial charge in [-0.1, -0.05) is 0 Å². The van der Waals surface area contributed by atoms with E-state index in [2.05, 4.69) is 5.32 Å². The number of rotatable bonds is 7. The van der Waals surface area contributed by atoms with E-state index in [4.69, 9.17) is 10.2 Å². The molecule has 3 N–H and O–H groups in total. The lowest BCUT2D eigenvalue weighted by Crippen LogP contribution is -2.55. The Morgan fingerprint density at radius 1 is 1.35 bits per heavy atom. The maximum absolute atomic E-state index is 11.9. The standard InChI is InChI=1S/C11H22N2O6S/c1-11(2,7-14)13(3)10(17)12-8(9(15)16)5-6-20(4,18)19/h8,14H,5-7H2,1-4H3,(H,12,17)(H,15,16). The number of aliphatic carboxylic acids is 1. The highest BCUT2D eigenvalue weighted by molar-refractivity contribution is 7.90. The zero-order chi connectivity index (χ0) is 16.1. The van der Waals surface area contributed by atoms with Crippen molar-refractivity contribution in [2.75, 3.05) is 25.7 Å². The number of sulfone groups is 1. The molecule has 20 heavy (non-hydrogen) atoms. The van der Waals surface area contributed by atoms with E-state index in [0.29, 0.717) is 0 Å². The summed E-state index contributed by atoms with van der Waals surface area (Å²) in [5.74, 6) is -1.64. The third kappa shape index (κ3) is 6.20. The van der Waals surface area contributed by atoms with Crippen LogP contribution in [0.2, 0.25) is 0 Å². The predicted molar refractivity (Wildman–Crippen MR) is 73.2 cm³/mol. The van der Waals surface area contributed by atoms with Crippen LogP contribution in [0.5, 0.6) is 0 Å². The first-order valence-electron chi connectivity index (χ1n) is 5.96. The molecule has 0 aliphatic carbocycles. The van der Waals surface area contributed by atoms with Crippen molar-refractivity contribution in [1.82, 2.24) is 10.2 Å². The summed E-state index contributed by atoms with van der Waals surface area (Å²) < 4.78 is 22.1. The molecule has 0 aliphatic heterocycles. The molecule has 0 rings (SSSR count). The smallest absolute Gasteiger partial charge is 0.326 e. The Hall–Kier alpha value is -1.35. The Kier molecular flexibility index (Phi) is 6.42. The van der Waals surface area contributed by atoms with Crippen molar-refractivity contribution in [3.8, 4) is 0 Å². The molecule has 0 saturated heterocycles. The molecule has 1 unspecified atom stereocenters. The molecule has 118 valence electrons. The third-order valence-corrected chi connectivity index (χ3v) is 3.95. The van der Waals surface area contributed by atoms with Crippen molar-refractivity contribution < 1.29 is 28.2 Å². The quantitative estimate of drug-likeness (QED) is 0.570. The second-order valence-electron chi connectivity index (χ2n) is 5.29. The fraction of sp³-hybridized carbons (Fsp3) is 0.818. The van der Waals surface area contributed by atoms with Crippen LogP contribution >= 0.6 is 0 Å². The summed E-state index contributed by atoms with van der Waals surface area (Å²) in [6.45, 7) is 2.93. The number of carboxylic acid groups (broad SMARTS) is 1. The van der Waals surface area contributed by atoms with Gasteiger partial charge in [0.15, 0.2) is 0 Å². The molecule has 0 saturated carbocycles. The number of nitrogens with one attached hydrogen (secondary N) is 1. The molecule has 2 amide bonds. The van der Waals surface area contributed by atoms with Crippen LogP contribution in [0.1, 0.15) is 20.3 Å². The molecular weight excluding hydrogens is 288 g/mol. The van der Waals surface area contributed by atoms with Crippen LogP contribution in [0.4, 0.5) is 4.79 Å². The van der Waals surface area contributed by atoms with Crippen LogP contribution < -0.4 is 5.32 Å². The molecule has 8 nitrogen and oxygen atoms in total. The molecule has 0 aromatic heterocycles. The van der Waals surface area contributed by atoms with Crippen molar-refractivity contribution in [3.63, 3.8) is 0 Å². The number of nitrogens with zero attached hydrogens (tertiary/aromatic N) is 1. The number of urea groups is 1. The van der Waals surface area contributed by atoms with Gasteiger partial charge in [-0.2, -0.15) is 0 Å². The highest BCUT2D eigenvalue weighted by Gasteiger charge is 2.30. The molecule has 9 heteroatoms. The highest BCUT2D eigenvalue weighted by atomic mass is 32.2. The van der Waals surface area contributed by atoms with Crippen LogP contribution in [0.3, 0.4) is 0 Å². The summed E-state index contributed by atoms with van der Waals surface area (Å²) in [6.07, 6.45) is 0.780. The Morgan fingerprint density at radius 2 is 1.85 bits per heavy atom. The van der Waals surface area contributed by atoms with Crippen LogP contribution in [0, 0.1) is 0 Å². The second kappa shape index (κ2) is 6.89. The lowest BCUT2D eigenvalue weighted by Gasteiger charge is -2.34. The average Bonchev–Trinajstić information content (AvgIpc) is 2.31. The van der Waals surface area contributed by atoms with Crippen molar-refractivity contribution in [2.45, 2.75) is 31.8 Å². The van der Waals surface area contributed by atoms with Crippen LogP contribution in [0.25, 0.3) is 0 Å². The largest absolute Gasteiger partial charge is 0.480 e. The van der Waals surface area contributed by atoms with Crippen molar-refractivity contribution in [2.24, 2.45) is 0 Å². The van der Waals surface area contributed by atoms with Gasteiger partial charge < -0.3 is 20.4 Å². The zero-order valence-electron chi connectivity index (χ0n) is 12.1. The van der Waals surface area contributed by atoms with Gasteiger partial charge >= 0.3 is 12.0 Å². The molecule has 0 spiro atoms. The Labute approximate surface area is 118 Å². The van der Waals surface area contributed by atoms with E-state index >= 15 is 0 Å². The fourth-order valence-electron chi connectivity index (χ4n) is 1.22. The number of hydrogen-bond donors (Lipinski definition) is 3. The third-order valence-electron chi connectivity index (χ3n) is 2.97. The second-order valence-corrected chi connectivity index (χ2v) is 7.55. The van der Waals surface area contributed by atoms with Gasteiger partial charge in [-0.05, 0) is 20.3 Å². The zero-order valence-corrected chi connectivity index (χ0v) is 12.9. The molecule has 0 heterocycles. The number of aliphatic hydroxyl groups excluding tert-OH is 1. The summed E-state index contributed by atoms with van der Waals surface area (Å²) in [4.78, 5) is 24.1. The molecule has 0 aliphatic rings. The monoisotopic (exact) mass is 310 g/mol. The minimum atomic E-state index is -3.31. The van der Waals surface area contributed by atoms with Crippen molar-refractivity contribution in [1.29, 1.82) is 0 Å². The summed E-state index contributed by atoms with van der Waals surface area (Å²) in [5.41, 5.74) is -0.857.